The molecule has 1 atom stereocenters. The molecule has 0 bridgehead atoms. The second-order valence-electron chi connectivity index (χ2n) is 6.65. The SMILES string of the molecule is Cc1ccc(N2C[C@@H](C(=O)NCc3ccc(S(N)(=O)=O)cc3)CC2=O)cc1. The number of nitrogens with one attached hydrogen (secondary N) is 1. The van der Waals surface area contributed by atoms with Crippen LogP contribution in [0.4, 0.5) is 5.69 Å². The first-order valence-corrected chi connectivity index (χ1v) is 10.0. The highest BCUT2D eigenvalue weighted by atomic mass is 32.2. The Morgan fingerprint density at radius 1 is 1.15 bits per heavy atom. The maximum absolute atomic E-state index is 12.4. The zero-order valence-corrected chi connectivity index (χ0v) is 15.7. The number of hydrogen-bond acceptors (Lipinski definition) is 4. The minimum atomic E-state index is -3.74. The van der Waals surface area contributed by atoms with Crippen LogP contribution in [0.15, 0.2) is 53.4 Å². The summed E-state index contributed by atoms with van der Waals surface area (Å²) in [5, 5.41) is 7.86. The molecule has 1 fully saturated rings. The average Bonchev–Trinajstić information content (AvgIpc) is 3.02. The Morgan fingerprint density at radius 3 is 2.37 bits per heavy atom. The molecule has 8 heteroatoms. The van der Waals surface area contributed by atoms with E-state index in [0.717, 1.165) is 16.8 Å². The lowest BCUT2D eigenvalue weighted by molar-refractivity contribution is -0.126. The molecule has 2 amide bonds. The van der Waals surface area contributed by atoms with Gasteiger partial charge in [0.15, 0.2) is 0 Å². The number of primary sulfonamides is 1. The van der Waals surface area contributed by atoms with Gasteiger partial charge in [-0.25, -0.2) is 13.6 Å². The molecular formula is C19H21N3O4S. The molecule has 0 unspecified atom stereocenters. The van der Waals surface area contributed by atoms with Crippen molar-refractivity contribution in [1.82, 2.24) is 5.32 Å². The topological polar surface area (TPSA) is 110 Å². The summed E-state index contributed by atoms with van der Waals surface area (Å²) in [6, 6.07) is 13.6. The molecule has 27 heavy (non-hydrogen) atoms. The van der Waals surface area contributed by atoms with Gasteiger partial charge in [-0.15, -0.1) is 0 Å². The van der Waals surface area contributed by atoms with E-state index in [1.54, 1.807) is 17.0 Å². The number of rotatable bonds is 5. The maximum atomic E-state index is 12.4. The molecule has 1 aliphatic heterocycles. The monoisotopic (exact) mass is 387 g/mol. The van der Waals surface area contributed by atoms with Crippen molar-refractivity contribution in [1.29, 1.82) is 0 Å². The zero-order chi connectivity index (χ0) is 19.6. The van der Waals surface area contributed by atoms with E-state index in [-0.39, 0.29) is 29.7 Å². The van der Waals surface area contributed by atoms with E-state index in [1.165, 1.54) is 12.1 Å². The van der Waals surface area contributed by atoms with Crippen molar-refractivity contribution in [3.05, 3.63) is 59.7 Å². The number of anilines is 1. The number of sulfonamides is 1. The number of carbonyl (C=O) groups excluding carboxylic acids is 2. The highest BCUT2D eigenvalue weighted by Crippen LogP contribution is 2.25. The molecule has 0 radical (unpaired) electrons. The third kappa shape index (κ3) is 4.53. The lowest BCUT2D eigenvalue weighted by Gasteiger charge is -2.17. The Bertz CT molecular complexity index is 953. The quantitative estimate of drug-likeness (QED) is 0.806. The summed E-state index contributed by atoms with van der Waals surface area (Å²) in [6.45, 7) is 2.57. The number of benzene rings is 2. The number of carbonyl (C=O) groups is 2. The standard InChI is InChI=1S/C19H21N3O4S/c1-13-2-6-16(7-3-13)22-12-15(10-18(22)23)19(24)21-11-14-4-8-17(9-5-14)27(20,25)26/h2-9,15H,10-12H2,1H3,(H,21,24)(H2,20,25,26)/t15-/m0/s1. The molecule has 0 aliphatic carbocycles. The predicted molar refractivity (Wildman–Crippen MR) is 101 cm³/mol. The molecule has 0 saturated carbocycles. The van der Waals surface area contributed by atoms with Gasteiger partial charge in [-0.05, 0) is 36.8 Å². The third-order valence-corrected chi connectivity index (χ3v) is 5.49. The summed E-state index contributed by atoms with van der Waals surface area (Å²) < 4.78 is 22.5. The van der Waals surface area contributed by atoms with Crippen molar-refractivity contribution >= 4 is 27.5 Å². The van der Waals surface area contributed by atoms with Gasteiger partial charge in [-0.2, -0.15) is 0 Å². The van der Waals surface area contributed by atoms with Crippen LogP contribution in [0, 0.1) is 12.8 Å². The lowest BCUT2D eigenvalue weighted by Crippen LogP contribution is -2.32. The number of nitrogens with zero attached hydrogens (tertiary/aromatic N) is 1. The van der Waals surface area contributed by atoms with Gasteiger partial charge in [0.1, 0.15) is 0 Å². The van der Waals surface area contributed by atoms with E-state index in [2.05, 4.69) is 5.32 Å². The van der Waals surface area contributed by atoms with Crippen LogP contribution in [-0.2, 0) is 26.2 Å². The number of hydrogen-bond donors (Lipinski definition) is 2. The second-order valence-corrected chi connectivity index (χ2v) is 8.21. The minimum Gasteiger partial charge on any atom is -0.352 e. The summed E-state index contributed by atoms with van der Waals surface area (Å²) in [5.74, 6) is -0.688. The highest BCUT2D eigenvalue weighted by Gasteiger charge is 2.34. The van der Waals surface area contributed by atoms with Crippen LogP contribution in [-0.4, -0.2) is 26.8 Å². The van der Waals surface area contributed by atoms with Crippen molar-refractivity contribution in [3.63, 3.8) is 0 Å². The van der Waals surface area contributed by atoms with E-state index in [0.29, 0.717) is 6.54 Å². The number of aryl methyl sites for hydroxylation is 1. The van der Waals surface area contributed by atoms with Crippen molar-refractivity contribution in [2.75, 3.05) is 11.4 Å². The molecule has 7 nitrogen and oxygen atoms in total. The van der Waals surface area contributed by atoms with E-state index in [9.17, 15) is 18.0 Å². The maximum Gasteiger partial charge on any atom is 0.238 e. The Labute approximate surface area is 158 Å². The van der Waals surface area contributed by atoms with Gasteiger partial charge in [-0.3, -0.25) is 9.59 Å². The largest absolute Gasteiger partial charge is 0.352 e. The Balaban J connectivity index is 1.59. The van der Waals surface area contributed by atoms with Gasteiger partial charge in [0.2, 0.25) is 21.8 Å². The van der Waals surface area contributed by atoms with Gasteiger partial charge in [0, 0.05) is 25.2 Å². The molecule has 3 rings (SSSR count). The summed E-state index contributed by atoms with van der Waals surface area (Å²) in [7, 11) is -3.74. The van der Waals surface area contributed by atoms with E-state index in [4.69, 9.17) is 5.14 Å². The summed E-state index contributed by atoms with van der Waals surface area (Å²) in [6.07, 6.45) is 0.171. The molecule has 2 aromatic rings. The molecular weight excluding hydrogens is 366 g/mol. The van der Waals surface area contributed by atoms with Gasteiger partial charge in [-0.1, -0.05) is 29.8 Å². The smallest absolute Gasteiger partial charge is 0.238 e. The normalized spacial score (nSPS) is 17.2. The second kappa shape index (κ2) is 7.50. The van der Waals surface area contributed by atoms with Crippen LogP contribution >= 0.6 is 0 Å². The minimum absolute atomic E-state index is 0.0210. The Morgan fingerprint density at radius 2 is 1.78 bits per heavy atom. The van der Waals surface area contributed by atoms with Gasteiger partial charge < -0.3 is 10.2 Å². The molecule has 1 aliphatic rings. The number of amides is 2. The predicted octanol–water partition coefficient (Wildman–Crippen LogP) is 1.31. The molecule has 142 valence electrons. The van der Waals surface area contributed by atoms with Crippen LogP contribution in [0.1, 0.15) is 17.5 Å². The van der Waals surface area contributed by atoms with Crippen LogP contribution in [0.3, 0.4) is 0 Å². The molecule has 3 N–H and O–H groups in total. The first-order chi connectivity index (χ1) is 12.7. The van der Waals surface area contributed by atoms with Crippen molar-refractivity contribution in [2.45, 2.75) is 24.8 Å². The van der Waals surface area contributed by atoms with Crippen LogP contribution in [0.25, 0.3) is 0 Å². The summed E-state index contributed by atoms with van der Waals surface area (Å²) >= 11 is 0. The van der Waals surface area contributed by atoms with Crippen LogP contribution < -0.4 is 15.4 Å². The molecule has 0 spiro atoms. The molecule has 1 heterocycles. The van der Waals surface area contributed by atoms with E-state index in [1.807, 2.05) is 31.2 Å². The first kappa shape index (κ1) is 19.1. The lowest BCUT2D eigenvalue weighted by atomic mass is 10.1. The highest BCUT2D eigenvalue weighted by molar-refractivity contribution is 7.89. The summed E-state index contributed by atoms with van der Waals surface area (Å²) in [4.78, 5) is 26.3. The van der Waals surface area contributed by atoms with E-state index < -0.39 is 15.9 Å². The summed E-state index contributed by atoms with van der Waals surface area (Å²) in [5.41, 5.74) is 2.64. The van der Waals surface area contributed by atoms with Gasteiger partial charge in [0.25, 0.3) is 0 Å². The fourth-order valence-corrected chi connectivity index (χ4v) is 3.50. The van der Waals surface area contributed by atoms with E-state index >= 15 is 0 Å². The van der Waals surface area contributed by atoms with Gasteiger partial charge in [0.05, 0.1) is 10.8 Å². The fourth-order valence-electron chi connectivity index (χ4n) is 2.99. The molecule has 1 saturated heterocycles. The van der Waals surface area contributed by atoms with Crippen LogP contribution in [0.2, 0.25) is 0 Å². The molecule has 2 aromatic carbocycles. The van der Waals surface area contributed by atoms with Crippen molar-refractivity contribution < 1.29 is 18.0 Å². The first-order valence-electron chi connectivity index (χ1n) is 8.50. The average molecular weight is 387 g/mol. The van der Waals surface area contributed by atoms with Crippen molar-refractivity contribution in [2.24, 2.45) is 11.1 Å². The molecule has 0 aromatic heterocycles. The third-order valence-electron chi connectivity index (χ3n) is 4.56. The zero-order valence-electron chi connectivity index (χ0n) is 14.9. The Hall–Kier alpha value is -2.71. The fraction of sp³-hybridized carbons (Fsp3) is 0.263. The number of nitrogens with two attached hydrogens (primary N) is 1. The van der Waals surface area contributed by atoms with Gasteiger partial charge >= 0.3 is 0 Å². The van der Waals surface area contributed by atoms with Crippen LogP contribution in [0.5, 0.6) is 0 Å². The Kier molecular flexibility index (Phi) is 5.29. The van der Waals surface area contributed by atoms with Crippen molar-refractivity contribution in [3.8, 4) is 0 Å².